The fourth-order valence-electron chi connectivity index (χ4n) is 5.42. The third kappa shape index (κ3) is 6.64. The lowest BCUT2D eigenvalue weighted by Crippen LogP contribution is -2.64. The molecule has 4 rings (SSSR count). The highest BCUT2D eigenvalue weighted by molar-refractivity contribution is 7.99. The fourth-order valence-corrected chi connectivity index (χ4v) is 6.09. The number of rotatable bonds is 10. The monoisotopic (exact) mass is 545 g/mol. The summed E-state index contributed by atoms with van der Waals surface area (Å²) in [4.78, 5) is 23.6. The highest BCUT2D eigenvalue weighted by Crippen LogP contribution is 2.30. The summed E-state index contributed by atoms with van der Waals surface area (Å²) in [6, 6.07) is 6.81. The minimum absolute atomic E-state index is 0.130. The van der Waals surface area contributed by atoms with Crippen molar-refractivity contribution in [2.75, 3.05) is 31.7 Å². The first kappa shape index (κ1) is 28.7. The number of likely N-dealkylation sites (tertiary alicyclic amines) is 1. The van der Waals surface area contributed by atoms with E-state index >= 15 is 0 Å². The van der Waals surface area contributed by atoms with E-state index in [2.05, 4.69) is 32.4 Å². The Hall–Kier alpha value is -2.28. The zero-order valence-electron chi connectivity index (χ0n) is 22.1. The van der Waals surface area contributed by atoms with Crippen LogP contribution in [0.25, 0.3) is 11.1 Å². The Kier molecular flexibility index (Phi) is 9.97. The number of benzene rings is 1. The molecule has 1 amide bonds. The van der Waals surface area contributed by atoms with Crippen molar-refractivity contribution in [2.24, 2.45) is 5.92 Å². The van der Waals surface area contributed by atoms with Crippen molar-refractivity contribution in [3.63, 3.8) is 0 Å². The molecule has 1 aromatic carbocycles. The Labute approximate surface area is 228 Å². The zero-order chi connectivity index (χ0) is 27.2. The molecule has 0 radical (unpaired) electrons. The van der Waals surface area contributed by atoms with Gasteiger partial charge in [-0.3, -0.25) is 9.69 Å². The molecule has 1 aromatic heterocycles. The van der Waals surface area contributed by atoms with Gasteiger partial charge in [0.2, 0.25) is 5.91 Å². The van der Waals surface area contributed by atoms with Gasteiger partial charge in [-0.1, -0.05) is 25.5 Å². The number of thioether (sulfide) groups is 1. The SMILES string of the molecule is CCC[C@@H]1C[C@@H](C(=O)N[C@H](CNc2ccc(-c3cncnc3)cc2)C2OC(SC)C(O)C(O)C2O)N(C)C1. The molecule has 2 saturated heterocycles. The van der Waals surface area contributed by atoms with E-state index in [1.165, 1.54) is 18.1 Å². The molecule has 2 aromatic rings. The van der Waals surface area contributed by atoms with Crippen LogP contribution in [0.5, 0.6) is 0 Å². The van der Waals surface area contributed by atoms with Gasteiger partial charge in [0.15, 0.2) is 0 Å². The number of nitrogens with one attached hydrogen (secondary N) is 2. The van der Waals surface area contributed by atoms with E-state index < -0.39 is 35.9 Å². The van der Waals surface area contributed by atoms with E-state index in [9.17, 15) is 20.1 Å². The standard InChI is InChI=1S/C27H39N5O5S/c1-4-5-16-10-21(32(2)14-16)26(36)31-20(25-23(34)22(33)24(35)27(37-25)38-3)13-30-19-8-6-17(7-9-19)18-11-28-15-29-12-18/h6-9,11-12,15-16,20-25,27,30,33-35H,4-5,10,13-14H2,1-3H3,(H,31,36)/t16-,20-,21+,22?,23?,24?,25?,27?/m1/s1. The van der Waals surface area contributed by atoms with Crippen LogP contribution in [-0.4, -0.2) is 104 Å². The molecule has 11 heteroatoms. The summed E-state index contributed by atoms with van der Waals surface area (Å²) >= 11 is 1.25. The van der Waals surface area contributed by atoms with Crippen molar-refractivity contribution in [1.29, 1.82) is 0 Å². The molecule has 0 spiro atoms. The number of aliphatic hydroxyl groups is 3. The van der Waals surface area contributed by atoms with Crippen molar-refractivity contribution in [1.82, 2.24) is 20.2 Å². The number of amides is 1. The van der Waals surface area contributed by atoms with Crippen molar-refractivity contribution in [2.45, 2.75) is 68.1 Å². The van der Waals surface area contributed by atoms with Crippen LogP contribution >= 0.6 is 11.8 Å². The van der Waals surface area contributed by atoms with Gasteiger partial charge in [0.25, 0.3) is 0 Å². The summed E-state index contributed by atoms with van der Waals surface area (Å²) in [6.45, 7) is 3.27. The van der Waals surface area contributed by atoms with Crippen LogP contribution in [0, 0.1) is 5.92 Å². The molecule has 0 saturated carbocycles. The summed E-state index contributed by atoms with van der Waals surface area (Å²) in [5, 5.41) is 38.1. The van der Waals surface area contributed by atoms with Gasteiger partial charge in [-0.15, -0.1) is 11.8 Å². The molecule has 208 valence electrons. The second kappa shape index (κ2) is 13.2. The van der Waals surface area contributed by atoms with Gasteiger partial charge < -0.3 is 30.7 Å². The maximum Gasteiger partial charge on any atom is 0.237 e. The van der Waals surface area contributed by atoms with E-state index in [4.69, 9.17) is 4.74 Å². The van der Waals surface area contributed by atoms with Crippen LogP contribution in [0.2, 0.25) is 0 Å². The summed E-state index contributed by atoms with van der Waals surface area (Å²) in [7, 11) is 1.96. The maximum absolute atomic E-state index is 13.4. The van der Waals surface area contributed by atoms with Gasteiger partial charge in [0, 0.05) is 36.7 Å². The quantitative estimate of drug-likeness (QED) is 0.297. The smallest absolute Gasteiger partial charge is 0.237 e. The number of carbonyl (C=O) groups is 1. The largest absolute Gasteiger partial charge is 0.388 e. The molecule has 3 heterocycles. The number of aliphatic hydroxyl groups excluding tert-OH is 3. The van der Waals surface area contributed by atoms with Gasteiger partial charge >= 0.3 is 0 Å². The maximum atomic E-state index is 13.4. The van der Waals surface area contributed by atoms with E-state index in [1.54, 1.807) is 18.6 Å². The first-order valence-electron chi connectivity index (χ1n) is 13.1. The summed E-state index contributed by atoms with van der Waals surface area (Å²) in [5.74, 6) is 0.342. The first-order chi connectivity index (χ1) is 18.3. The normalized spacial score (nSPS) is 30.6. The van der Waals surface area contributed by atoms with E-state index in [1.807, 2.05) is 31.3 Å². The Morgan fingerprint density at radius 1 is 1.13 bits per heavy atom. The van der Waals surface area contributed by atoms with Crippen LogP contribution in [-0.2, 0) is 9.53 Å². The predicted molar refractivity (Wildman–Crippen MR) is 148 cm³/mol. The molecule has 2 aliphatic rings. The van der Waals surface area contributed by atoms with Crippen LogP contribution < -0.4 is 10.6 Å². The van der Waals surface area contributed by atoms with Crippen molar-refractivity contribution < 1.29 is 24.9 Å². The summed E-state index contributed by atoms with van der Waals surface area (Å²) in [6.07, 6.45) is 4.78. The Bertz CT molecular complexity index is 1030. The van der Waals surface area contributed by atoms with Crippen LogP contribution in [0.15, 0.2) is 43.0 Å². The Balaban J connectivity index is 1.49. The number of hydrogen-bond donors (Lipinski definition) is 5. The molecule has 0 aliphatic carbocycles. The Morgan fingerprint density at radius 2 is 1.84 bits per heavy atom. The van der Waals surface area contributed by atoms with Gasteiger partial charge in [0.1, 0.15) is 36.2 Å². The van der Waals surface area contributed by atoms with Crippen LogP contribution in [0.1, 0.15) is 26.2 Å². The molecule has 2 aliphatic heterocycles. The van der Waals surface area contributed by atoms with Crippen LogP contribution in [0.4, 0.5) is 5.69 Å². The van der Waals surface area contributed by atoms with E-state index in [0.717, 1.165) is 42.6 Å². The van der Waals surface area contributed by atoms with Crippen LogP contribution in [0.3, 0.4) is 0 Å². The molecule has 0 bridgehead atoms. The second-order valence-electron chi connectivity index (χ2n) is 10.2. The topological polar surface area (TPSA) is 140 Å². The second-order valence-corrected chi connectivity index (χ2v) is 11.2. The predicted octanol–water partition coefficient (Wildman–Crippen LogP) is 1.33. The number of hydrogen-bond acceptors (Lipinski definition) is 10. The highest BCUT2D eigenvalue weighted by Gasteiger charge is 2.47. The summed E-state index contributed by atoms with van der Waals surface area (Å²) in [5.41, 5.74) is 1.96. The minimum atomic E-state index is -1.39. The molecular formula is C27H39N5O5S. The molecule has 2 fully saturated rings. The van der Waals surface area contributed by atoms with E-state index in [0.29, 0.717) is 5.92 Å². The average molecular weight is 546 g/mol. The molecular weight excluding hydrogens is 506 g/mol. The number of likely N-dealkylation sites (N-methyl/N-ethyl adjacent to an activating group) is 1. The van der Waals surface area contributed by atoms with E-state index in [-0.39, 0.29) is 18.5 Å². The first-order valence-corrected chi connectivity index (χ1v) is 14.4. The van der Waals surface area contributed by atoms with Gasteiger partial charge in [-0.25, -0.2) is 9.97 Å². The lowest BCUT2D eigenvalue weighted by atomic mass is 9.94. The van der Waals surface area contributed by atoms with Gasteiger partial charge in [-0.05, 0) is 49.8 Å². The minimum Gasteiger partial charge on any atom is -0.388 e. The lowest BCUT2D eigenvalue weighted by molar-refractivity contribution is -0.204. The highest BCUT2D eigenvalue weighted by atomic mass is 32.2. The molecule has 5 N–H and O–H groups in total. The number of anilines is 1. The van der Waals surface area contributed by atoms with Gasteiger partial charge in [-0.2, -0.15) is 0 Å². The zero-order valence-corrected chi connectivity index (χ0v) is 22.9. The molecule has 38 heavy (non-hydrogen) atoms. The summed E-state index contributed by atoms with van der Waals surface area (Å²) < 4.78 is 6.03. The lowest BCUT2D eigenvalue weighted by Gasteiger charge is -2.43. The number of carbonyl (C=O) groups excluding carboxylic acids is 1. The fraction of sp³-hybridized carbons (Fsp3) is 0.593. The van der Waals surface area contributed by atoms with Crippen molar-refractivity contribution >= 4 is 23.4 Å². The number of nitrogens with zero attached hydrogens (tertiary/aromatic N) is 3. The number of ether oxygens (including phenoxy) is 1. The third-order valence-corrected chi connectivity index (χ3v) is 8.36. The van der Waals surface area contributed by atoms with Crippen molar-refractivity contribution in [3.8, 4) is 11.1 Å². The number of aromatic nitrogens is 2. The third-order valence-electron chi connectivity index (χ3n) is 7.50. The average Bonchev–Trinajstić information content (AvgIpc) is 3.31. The molecule has 8 atom stereocenters. The van der Waals surface area contributed by atoms with Crippen molar-refractivity contribution in [3.05, 3.63) is 43.0 Å². The molecule has 10 nitrogen and oxygen atoms in total. The Morgan fingerprint density at radius 3 is 2.50 bits per heavy atom. The molecule has 5 unspecified atom stereocenters. The van der Waals surface area contributed by atoms with Gasteiger partial charge in [0.05, 0.1) is 12.1 Å².